The molecule has 2 aliphatic rings. The molecule has 1 saturated heterocycles. The van der Waals surface area contributed by atoms with Crippen molar-refractivity contribution in [2.24, 2.45) is 0 Å². The molecule has 34 heavy (non-hydrogen) atoms. The van der Waals surface area contributed by atoms with Crippen molar-refractivity contribution < 1.29 is 28.1 Å². The van der Waals surface area contributed by atoms with Crippen LogP contribution in [0.2, 0.25) is 0 Å². The van der Waals surface area contributed by atoms with Gasteiger partial charge in [-0.1, -0.05) is 29.8 Å². The van der Waals surface area contributed by atoms with Crippen molar-refractivity contribution in [2.75, 3.05) is 6.61 Å². The molecule has 0 spiro atoms. The summed E-state index contributed by atoms with van der Waals surface area (Å²) in [4.78, 5) is 0. The van der Waals surface area contributed by atoms with E-state index in [1.54, 1.807) is 25.1 Å². The second-order valence-electron chi connectivity index (χ2n) is 9.35. The van der Waals surface area contributed by atoms with Gasteiger partial charge in [-0.2, -0.15) is 0 Å². The van der Waals surface area contributed by atoms with Crippen LogP contribution in [0.4, 0.5) is 8.78 Å². The Morgan fingerprint density at radius 2 is 1.68 bits per heavy atom. The van der Waals surface area contributed by atoms with Crippen molar-refractivity contribution in [2.45, 2.75) is 57.0 Å². The highest BCUT2D eigenvalue weighted by Gasteiger charge is 2.48. The molecule has 2 heterocycles. The summed E-state index contributed by atoms with van der Waals surface area (Å²) in [6.45, 7) is 4.31. The van der Waals surface area contributed by atoms with Gasteiger partial charge in [-0.05, 0) is 62.1 Å². The maximum Gasteiger partial charge on any atom is 0.199 e. The molecule has 4 atom stereocenters. The second-order valence-corrected chi connectivity index (χ2v) is 9.35. The van der Waals surface area contributed by atoms with Gasteiger partial charge in [-0.25, -0.2) is 8.78 Å². The first-order chi connectivity index (χ1) is 16.3. The number of halogens is 2. The largest absolute Gasteiger partial charge is 0.484 e. The fourth-order valence-electron chi connectivity index (χ4n) is 4.99. The van der Waals surface area contributed by atoms with Crippen LogP contribution in [0.3, 0.4) is 0 Å². The lowest BCUT2D eigenvalue weighted by Gasteiger charge is -2.44. The van der Waals surface area contributed by atoms with Crippen molar-refractivity contribution in [3.8, 4) is 11.5 Å². The summed E-state index contributed by atoms with van der Waals surface area (Å²) < 4.78 is 46.5. The van der Waals surface area contributed by atoms with E-state index in [1.807, 2.05) is 31.2 Å². The fourth-order valence-corrected chi connectivity index (χ4v) is 4.99. The van der Waals surface area contributed by atoms with Crippen molar-refractivity contribution in [3.63, 3.8) is 0 Å². The summed E-state index contributed by atoms with van der Waals surface area (Å²) in [5.74, 6) is -1.09. The molecule has 5 rings (SSSR count). The van der Waals surface area contributed by atoms with Gasteiger partial charge in [-0.3, -0.25) is 0 Å². The zero-order valence-corrected chi connectivity index (χ0v) is 19.3. The Bertz CT molecular complexity index is 1150. The number of hydrogen-bond donors (Lipinski definition) is 1. The standard InChI is InChI=1S/C28H28F2O4/c1-17-6-8-18(9-7-17)27-26(19-13-20(29)15-21(30)14-19)28(2,31)23-11-10-22(16-24(23)34-27)33-25-5-3-4-12-32-25/h6-11,13-16,25-27,31H,3-5,12H2,1-2H3. The van der Waals surface area contributed by atoms with Gasteiger partial charge in [0.25, 0.3) is 0 Å². The highest BCUT2D eigenvalue weighted by molar-refractivity contribution is 5.49. The SMILES string of the molecule is Cc1ccc(C2Oc3cc(OC4CCCCO4)ccc3C(C)(O)C2c2cc(F)cc(F)c2)cc1. The Kier molecular flexibility index (Phi) is 6.04. The highest BCUT2D eigenvalue weighted by Crippen LogP contribution is 2.54. The van der Waals surface area contributed by atoms with Gasteiger partial charge in [0.1, 0.15) is 34.8 Å². The van der Waals surface area contributed by atoms with E-state index in [1.165, 1.54) is 12.1 Å². The number of ether oxygens (including phenoxy) is 3. The summed E-state index contributed by atoms with van der Waals surface area (Å²) in [5.41, 5.74) is 1.26. The predicted molar refractivity (Wildman–Crippen MR) is 124 cm³/mol. The van der Waals surface area contributed by atoms with E-state index >= 15 is 0 Å². The van der Waals surface area contributed by atoms with Gasteiger partial charge in [0.05, 0.1) is 12.5 Å². The van der Waals surface area contributed by atoms with Crippen LogP contribution >= 0.6 is 0 Å². The third-order valence-electron chi connectivity index (χ3n) is 6.72. The van der Waals surface area contributed by atoms with Gasteiger partial charge >= 0.3 is 0 Å². The number of aryl methyl sites for hydroxylation is 1. The third-order valence-corrected chi connectivity index (χ3v) is 6.72. The van der Waals surface area contributed by atoms with E-state index in [0.717, 1.165) is 36.5 Å². The minimum atomic E-state index is -1.47. The molecule has 4 nitrogen and oxygen atoms in total. The second kappa shape index (κ2) is 9.01. The lowest BCUT2D eigenvalue weighted by atomic mass is 9.71. The first kappa shape index (κ1) is 22.8. The van der Waals surface area contributed by atoms with Crippen LogP contribution in [0.1, 0.15) is 60.5 Å². The maximum absolute atomic E-state index is 14.2. The Morgan fingerprint density at radius 3 is 2.35 bits per heavy atom. The number of benzene rings is 3. The van der Waals surface area contributed by atoms with Crippen LogP contribution in [-0.2, 0) is 10.3 Å². The van der Waals surface area contributed by atoms with Gasteiger partial charge in [-0.15, -0.1) is 0 Å². The summed E-state index contributed by atoms with van der Waals surface area (Å²) in [6, 6.07) is 16.4. The zero-order valence-electron chi connectivity index (χ0n) is 19.3. The van der Waals surface area contributed by atoms with Crippen LogP contribution < -0.4 is 9.47 Å². The quantitative estimate of drug-likeness (QED) is 0.490. The van der Waals surface area contributed by atoms with Crippen LogP contribution in [0.15, 0.2) is 60.7 Å². The molecule has 0 aromatic heterocycles. The monoisotopic (exact) mass is 466 g/mol. The number of rotatable bonds is 4. The molecule has 0 amide bonds. The fraction of sp³-hybridized carbons (Fsp3) is 0.357. The molecule has 2 aliphatic heterocycles. The Labute approximate surface area is 198 Å². The van der Waals surface area contributed by atoms with Crippen molar-refractivity contribution >= 4 is 0 Å². The molecule has 6 heteroatoms. The van der Waals surface area contributed by atoms with Gasteiger partial charge in [0.2, 0.25) is 0 Å². The van der Waals surface area contributed by atoms with Crippen LogP contribution in [0.5, 0.6) is 11.5 Å². The number of hydrogen-bond acceptors (Lipinski definition) is 4. The molecule has 0 bridgehead atoms. The topological polar surface area (TPSA) is 47.9 Å². The van der Waals surface area contributed by atoms with Gasteiger partial charge < -0.3 is 19.3 Å². The summed E-state index contributed by atoms with van der Waals surface area (Å²) in [6.07, 6.45) is 1.89. The first-order valence-electron chi connectivity index (χ1n) is 11.7. The van der Waals surface area contributed by atoms with Crippen molar-refractivity contribution in [1.82, 2.24) is 0 Å². The lowest BCUT2D eigenvalue weighted by molar-refractivity contribution is -0.106. The van der Waals surface area contributed by atoms with E-state index in [-0.39, 0.29) is 6.29 Å². The maximum atomic E-state index is 14.2. The summed E-state index contributed by atoms with van der Waals surface area (Å²) >= 11 is 0. The molecule has 0 saturated carbocycles. The van der Waals surface area contributed by atoms with Crippen LogP contribution in [0.25, 0.3) is 0 Å². The van der Waals surface area contributed by atoms with Gasteiger partial charge in [0, 0.05) is 24.1 Å². The predicted octanol–water partition coefficient (Wildman–Crippen LogP) is 6.30. The molecular weight excluding hydrogens is 438 g/mol. The minimum Gasteiger partial charge on any atom is -0.484 e. The van der Waals surface area contributed by atoms with Crippen molar-refractivity contribution in [1.29, 1.82) is 0 Å². The van der Waals surface area contributed by atoms with Crippen molar-refractivity contribution in [3.05, 3.63) is 94.6 Å². The average molecular weight is 467 g/mol. The lowest BCUT2D eigenvalue weighted by Crippen LogP contribution is -2.40. The Hall–Kier alpha value is -2.96. The molecule has 3 aromatic carbocycles. The average Bonchev–Trinajstić information content (AvgIpc) is 2.79. The highest BCUT2D eigenvalue weighted by atomic mass is 19.1. The molecule has 1 fully saturated rings. The Balaban J connectivity index is 1.58. The smallest absolute Gasteiger partial charge is 0.199 e. The number of aliphatic hydroxyl groups is 1. The van der Waals surface area contributed by atoms with Crippen LogP contribution in [0, 0.1) is 18.6 Å². The molecule has 4 unspecified atom stereocenters. The van der Waals surface area contributed by atoms with E-state index in [9.17, 15) is 13.9 Å². The molecule has 3 aromatic rings. The summed E-state index contributed by atoms with van der Waals surface area (Å²) in [7, 11) is 0. The van der Waals surface area contributed by atoms with E-state index < -0.39 is 29.3 Å². The molecule has 0 radical (unpaired) electrons. The normalized spacial score (nSPS) is 26.4. The Morgan fingerprint density at radius 1 is 0.941 bits per heavy atom. The van der Waals surface area contributed by atoms with Gasteiger partial charge in [0.15, 0.2) is 6.29 Å². The van der Waals surface area contributed by atoms with Crippen LogP contribution in [-0.4, -0.2) is 18.0 Å². The molecular formula is C28H28F2O4. The molecule has 0 aliphatic carbocycles. The number of fused-ring (bicyclic) bond motifs is 1. The molecule has 1 N–H and O–H groups in total. The first-order valence-corrected chi connectivity index (χ1v) is 11.7. The van der Waals surface area contributed by atoms with E-state index in [2.05, 4.69) is 0 Å². The zero-order chi connectivity index (χ0) is 23.9. The molecule has 178 valence electrons. The van der Waals surface area contributed by atoms with E-state index in [4.69, 9.17) is 14.2 Å². The minimum absolute atomic E-state index is 0.313. The third kappa shape index (κ3) is 4.40. The van der Waals surface area contributed by atoms with E-state index in [0.29, 0.717) is 29.2 Å². The summed E-state index contributed by atoms with van der Waals surface area (Å²) in [5, 5.41) is 11.8.